The number of nitrogens with one attached hydrogen (secondary N) is 1. The van der Waals surface area contributed by atoms with Crippen LogP contribution in [0, 0.1) is 0 Å². The number of ether oxygens (including phenoxy) is 2. The van der Waals surface area contributed by atoms with Gasteiger partial charge in [0.2, 0.25) is 0 Å². The molecule has 0 aromatic heterocycles. The summed E-state index contributed by atoms with van der Waals surface area (Å²) in [6, 6.07) is 0. The Morgan fingerprint density at radius 3 is 1.55 bits per heavy atom. The van der Waals surface area contributed by atoms with Crippen LogP contribution in [0.2, 0.25) is 0 Å². The lowest BCUT2D eigenvalue weighted by atomic mass is 10.1. The summed E-state index contributed by atoms with van der Waals surface area (Å²) < 4.78 is 33.1. The van der Waals surface area contributed by atoms with Gasteiger partial charge in [-0.05, 0) is 96.9 Å². The van der Waals surface area contributed by atoms with E-state index in [2.05, 4.69) is 110 Å². The molecule has 0 aromatic rings. The van der Waals surface area contributed by atoms with Crippen molar-refractivity contribution >= 4 is 19.8 Å². The maximum absolute atomic E-state index is 12.6. The Bertz CT molecular complexity index is 1230. The number of allylic oxidation sites excluding steroid dienone is 16. The third-order valence-electron chi connectivity index (χ3n) is 8.19. The van der Waals surface area contributed by atoms with E-state index in [-0.39, 0.29) is 26.1 Å². The van der Waals surface area contributed by atoms with Crippen LogP contribution < -0.4 is 5.32 Å². The average Bonchev–Trinajstić information content (AvgIpc) is 3.18. The van der Waals surface area contributed by atoms with Crippen LogP contribution in [0.4, 0.5) is 0 Å². The summed E-state index contributed by atoms with van der Waals surface area (Å²) in [6.45, 7) is 3.96. The molecule has 0 aliphatic rings. The zero-order valence-corrected chi connectivity index (χ0v) is 35.9. The van der Waals surface area contributed by atoms with Crippen molar-refractivity contribution in [1.82, 2.24) is 5.32 Å². The van der Waals surface area contributed by atoms with Gasteiger partial charge in [0.25, 0.3) is 0 Å². The van der Waals surface area contributed by atoms with Gasteiger partial charge < -0.3 is 19.7 Å². The highest BCUT2D eigenvalue weighted by Gasteiger charge is 2.26. The van der Waals surface area contributed by atoms with E-state index in [0.717, 1.165) is 77.0 Å². The van der Waals surface area contributed by atoms with Gasteiger partial charge in [0.05, 0.1) is 13.2 Å². The van der Waals surface area contributed by atoms with Gasteiger partial charge in [0.15, 0.2) is 6.10 Å². The van der Waals surface area contributed by atoms with Crippen molar-refractivity contribution in [1.29, 1.82) is 0 Å². The lowest BCUT2D eigenvalue weighted by Gasteiger charge is -2.20. The summed E-state index contributed by atoms with van der Waals surface area (Å²) in [6.07, 6.45) is 51.7. The molecule has 0 aliphatic carbocycles. The molecule has 10 heteroatoms. The zero-order valence-electron chi connectivity index (χ0n) is 35.0. The minimum Gasteiger partial charge on any atom is -0.462 e. The molecule has 0 amide bonds. The molecule has 318 valence electrons. The maximum atomic E-state index is 12.6. The number of hydrogen-bond donors (Lipinski definition) is 2. The van der Waals surface area contributed by atoms with Crippen LogP contribution in [-0.4, -0.2) is 56.3 Å². The Labute approximate surface area is 340 Å². The quantitative estimate of drug-likeness (QED) is 0.0272. The van der Waals surface area contributed by atoms with Gasteiger partial charge in [-0.2, -0.15) is 0 Å². The smallest absolute Gasteiger partial charge is 0.462 e. The van der Waals surface area contributed by atoms with Crippen LogP contribution in [0.25, 0.3) is 0 Å². The molecule has 56 heavy (non-hydrogen) atoms. The second-order valence-corrected chi connectivity index (χ2v) is 14.9. The monoisotopic (exact) mass is 802 g/mol. The number of carbonyl (C=O) groups excluding carboxylic acids is 2. The molecule has 0 aliphatic heterocycles. The Morgan fingerprint density at radius 2 is 1.04 bits per heavy atom. The van der Waals surface area contributed by atoms with Gasteiger partial charge in [-0.3, -0.25) is 18.6 Å². The van der Waals surface area contributed by atoms with E-state index >= 15 is 0 Å². The number of carbonyl (C=O) groups is 2. The Kier molecular flexibility index (Phi) is 39.3. The van der Waals surface area contributed by atoms with Crippen LogP contribution in [0.1, 0.15) is 142 Å². The molecule has 2 atom stereocenters. The standard InChI is InChI=1S/C46H76NO8P/c1-4-6-8-10-12-14-16-18-20-22-24-26-28-30-32-34-36-38-45(48)52-42-44(43-54-56(50,51)53-41-40-47-3)55-46(49)39-37-35-33-31-29-27-25-23-21-19-17-15-13-11-9-7-5-2/h7,9,12-15,18-21,24-27,30,32,44,47H,4-6,8,10-11,16-17,22-23,28-29,31,33-43H2,1-3H3,(H,50,51)/b9-7-,14-12-,15-13-,20-18-,21-19-,26-24-,27-25-,32-30-. The van der Waals surface area contributed by atoms with Crippen LogP contribution in [0.15, 0.2) is 97.2 Å². The highest BCUT2D eigenvalue weighted by atomic mass is 31.2. The van der Waals surface area contributed by atoms with Crippen LogP contribution in [-0.2, 0) is 32.7 Å². The fourth-order valence-corrected chi connectivity index (χ4v) is 5.76. The Hall–Kier alpha value is -3.07. The van der Waals surface area contributed by atoms with Crippen molar-refractivity contribution in [3.8, 4) is 0 Å². The molecule has 0 fully saturated rings. The van der Waals surface area contributed by atoms with E-state index in [1.807, 2.05) is 6.08 Å². The first-order chi connectivity index (χ1) is 27.3. The van der Waals surface area contributed by atoms with Crippen molar-refractivity contribution in [2.75, 3.05) is 33.4 Å². The molecular formula is C46H76NO8P. The third kappa shape index (κ3) is 40.6. The third-order valence-corrected chi connectivity index (χ3v) is 9.17. The number of hydrogen-bond acceptors (Lipinski definition) is 8. The molecule has 0 rings (SSSR count). The number of phosphoric ester groups is 1. The number of rotatable bonds is 38. The van der Waals surface area contributed by atoms with Gasteiger partial charge in [-0.25, -0.2) is 4.57 Å². The molecule has 2 unspecified atom stereocenters. The fraction of sp³-hybridized carbons (Fsp3) is 0.609. The van der Waals surface area contributed by atoms with E-state index in [0.29, 0.717) is 19.4 Å². The van der Waals surface area contributed by atoms with E-state index in [9.17, 15) is 19.0 Å². The van der Waals surface area contributed by atoms with Crippen LogP contribution in [0.3, 0.4) is 0 Å². The lowest BCUT2D eigenvalue weighted by Crippen LogP contribution is -2.29. The minimum absolute atomic E-state index is 0.0363. The van der Waals surface area contributed by atoms with E-state index in [1.165, 1.54) is 25.7 Å². The number of likely N-dealkylation sites (N-methyl/N-ethyl adjacent to an activating group) is 1. The highest BCUT2D eigenvalue weighted by molar-refractivity contribution is 7.47. The molecule has 2 N–H and O–H groups in total. The molecule has 0 saturated heterocycles. The number of phosphoric acid groups is 1. The summed E-state index contributed by atoms with van der Waals surface area (Å²) in [5.74, 6) is -0.911. The zero-order chi connectivity index (χ0) is 41.1. The summed E-state index contributed by atoms with van der Waals surface area (Å²) in [4.78, 5) is 35.0. The Morgan fingerprint density at radius 1 is 0.571 bits per heavy atom. The van der Waals surface area contributed by atoms with Gasteiger partial charge in [0, 0.05) is 19.4 Å². The van der Waals surface area contributed by atoms with Crippen molar-refractivity contribution in [3.05, 3.63) is 97.2 Å². The number of esters is 2. The van der Waals surface area contributed by atoms with Gasteiger partial charge in [-0.15, -0.1) is 0 Å². The molecule has 0 bridgehead atoms. The minimum atomic E-state index is -4.37. The summed E-state index contributed by atoms with van der Waals surface area (Å²) in [5.41, 5.74) is 0. The van der Waals surface area contributed by atoms with Crippen LogP contribution in [0.5, 0.6) is 0 Å². The molecule has 0 heterocycles. The SMILES string of the molecule is CC/C=C\C/C=C\C/C=C\C/C=C\CCCCCCC(=O)OC(COC(=O)CCC/C=C\C/C=C\C/C=C\C/C=C\CCCCC)COP(=O)(O)OCCNC. The summed E-state index contributed by atoms with van der Waals surface area (Å²) in [5, 5.41) is 2.81. The van der Waals surface area contributed by atoms with E-state index in [1.54, 1.807) is 7.05 Å². The largest absolute Gasteiger partial charge is 0.472 e. The predicted octanol–water partition coefficient (Wildman–Crippen LogP) is 12.1. The lowest BCUT2D eigenvalue weighted by molar-refractivity contribution is -0.161. The van der Waals surface area contributed by atoms with Crippen molar-refractivity contribution in [2.45, 2.75) is 148 Å². The van der Waals surface area contributed by atoms with Gasteiger partial charge in [0.1, 0.15) is 6.61 Å². The molecular weight excluding hydrogens is 725 g/mol. The first kappa shape index (κ1) is 52.9. The maximum Gasteiger partial charge on any atom is 0.472 e. The first-order valence-electron chi connectivity index (χ1n) is 21.2. The number of unbranched alkanes of at least 4 members (excludes halogenated alkanes) is 8. The predicted molar refractivity (Wildman–Crippen MR) is 233 cm³/mol. The molecule has 0 spiro atoms. The first-order valence-corrected chi connectivity index (χ1v) is 22.7. The van der Waals surface area contributed by atoms with E-state index in [4.69, 9.17) is 18.5 Å². The van der Waals surface area contributed by atoms with Crippen molar-refractivity contribution in [3.63, 3.8) is 0 Å². The van der Waals surface area contributed by atoms with Gasteiger partial charge >= 0.3 is 19.8 Å². The normalized spacial score (nSPS) is 14.3. The van der Waals surface area contributed by atoms with Gasteiger partial charge in [-0.1, -0.05) is 137 Å². The molecule has 0 saturated carbocycles. The molecule has 0 radical (unpaired) electrons. The fourth-order valence-electron chi connectivity index (χ4n) is 5.00. The molecule has 9 nitrogen and oxygen atoms in total. The summed E-state index contributed by atoms with van der Waals surface area (Å²) >= 11 is 0. The van der Waals surface area contributed by atoms with Crippen molar-refractivity contribution in [2.24, 2.45) is 0 Å². The van der Waals surface area contributed by atoms with Crippen molar-refractivity contribution < 1.29 is 37.6 Å². The second-order valence-electron chi connectivity index (χ2n) is 13.4. The van der Waals surface area contributed by atoms with Crippen LogP contribution >= 0.6 is 7.82 Å². The molecule has 0 aromatic carbocycles. The topological polar surface area (TPSA) is 120 Å². The average molecular weight is 802 g/mol. The second kappa shape index (κ2) is 41.6. The highest BCUT2D eigenvalue weighted by Crippen LogP contribution is 2.43. The summed E-state index contributed by atoms with van der Waals surface area (Å²) in [7, 11) is -2.69. The Balaban J connectivity index is 4.41. The van der Waals surface area contributed by atoms with E-state index < -0.39 is 32.5 Å².